The number of nitrogens with zero attached hydrogens (tertiary/aromatic N) is 2. The summed E-state index contributed by atoms with van der Waals surface area (Å²) in [6.07, 6.45) is 0. The van der Waals surface area contributed by atoms with Crippen molar-refractivity contribution < 1.29 is 14.3 Å². The van der Waals surface area contributed by atoms with Gasteiger partial charge < -0.3 is 5.11 Å². The minimum Gasteiger partial charge on any atom is -0.478 e. The summed E-state index contributed by atoms with van der Waals surface area (Å²) < 4.78 is 13.4. The number of benzene rings is 1. The molecule has 4 nitrogen and oxygen atoms in total. The number of aromatic nitrogens is 2. The normalized spacial score (nSPS) is 11.0. The Morgan fingerprint density at radius 2 is 2.00 bits per heavy atom. The molecule has 0 saturated carbocycles. The maximum absolute atomic E-state index is 13.4. The number of halogens is 1. The van der Waals surface area contributed by atoms with E-state index < -0.39 is 11.8 Å². The molecule has 0 bridgehead atoms. The third-order valence-corrected chi connectivity index (χ3v) is 4.23. The van der Waals surface area contributed by atoms with Crippen LogP contribution in [0.25, 0.3) is 21.5 Å². The smallest absolute Gasteiger partial charge is 0.336 e. The largest absolute Gasteiger partial charge is 0.478 e. The first-order valence-electron chi connectivity index (χ1n) is 6.23. The van der Waals surface area contributed by atoms with Gasteiger partial charge in [-0.15, -0.1) is 11.3 Å². The van der Waals surface area contributed by atoms with E-state index in [1.54, 1.807) is 0 Å². The van der Waals surface area contributed by atoms with E-state index in [0.29, 0.717) is 16.6 Å². The van der Waals surface area contributed by atoms with Crippen LogP contribution < -0.4 is 0 Å². The van der Waals surface area contributed by atoms with Crippen LogP contribution in [0.1, 0.15) is 21.1 Å². The van der Waals surface area contributed by atoms with Crippen LogP contribution in [-0.2, 0) is 0 Å². The molecule has 1 N–H and O–H groups in total. The van der Waals surface area contributed by atoms with E-state index in [1.165, 1.54) is 35.6 Å². The number of fused-ring (bicyclic) bond motifs is 1. The fraction of sp³-hybridized carbons (Fsp3) is 0.133. The summed E-state index contributed by atoms with van der Waals surface area (Å²) in [5, 5.41) is 10.7. The number of carbonyl (C=O) groups is 1. The molecular weight excluding hydrogens is 291 g/mol. The highest BCUT2D eigenvalue weighted by molar-refractivity contribution is 7.15. The zero-order valence-corrected chi connectivity index (χ0v) is 12.2. The van der Waals surface area contributed by atoms with Crippen LogP contribution in [0.2, 0.25) is 0 Å². The van der Waals surface area contributed by atoms with E-state index >= 15 is 0 Å². The Balaban J connectivity index is 2.34. The molecule has 0 unspecified atom stereocenters. The minimum absolute atomic E-state index is 0.112. The van der Waals surface area contributed by atoms with Crippen LogP contribution in [-0.4, -0.2) is 21.0 Å². The fourth-order valence-electron chi connectivity index (χ4n) is 2.26. The van der Waals surface area contributed by atoms with E-state index in [4.69, 9.17) is 0 Å². The number of hydrogen-bond acceptors (Lipinski definition) is 4. The number of hydrogen-bond donors (Lipinski definition) is 1. The van der Waals surface area contributed by atoms with Crippen molar-refractivity contribution in [2.75, 3.05) is 0 Å². The van der Waals surface area contributed by atoms with Crippen molar-refractivity contribution >= 4 is 28.2 Å². The summed E-state index contributed by atoms with van der Waals surface area (Å²) >= 11 is 1.44. The van der Waals surface area contributed by atoms with Gasteiger partial charge in [-0.2, -0.15) is 0 Å². The molecule has 0 fully saturated rings. The van der Waals surface area contributed by atoms with Gasteiger partial charge in [-0.1, -0.05) is 0 Å². The van der Waals surface area contributed by atoms with Crippen molar-refractivity contribution in [3.05, 3.63) is 46.3 Å². The zero-order chi connectivity index (χ0) is 15.1. The highest BCUT2D eigenvalue weighted by Crippen LogP contribution is 2.31. The minimum atomic E-state index is -1.06. The first-order chi connectivity index (χ1) is 9.95. The Morgan fingerprint density at radius 3 is 2.62 bits per heavy atom. The first-order valence-corrected chi connectivity index (χ1v) is 7.05. The highest BCUT2D eigenvalue weighted by atomic mass is 32.1. The third-order valence-electron chi connectivity index (χ3n) is 3.14. The summed E-state index contributed by atoms with van der Waals surface area (Å²) in [6.45, 7) is 3.72. The number of carboxylic acid groups (broad SMARTS) is 1. The maximum Gasteiger partial charge on any atom is 0.336 e. The summed E-state index contributed by atoms with van der Waals surface area (Å²) in [6, 6.07) is 5.44. The third kappa shape index (κ3) is 2.38. The van der Waals surface area contributed by atoms with Gasteiger partial charge in [0.1, 0.15) is 5.82 Å². The van der Waals surface area contributed by atoms with Crippen molar-refractivity contribution in [2.45, 2.75) is 13.8 Å². The Labute approximate surface area is 123 Å². The van der Waals surface area contributed by atoms with Gasteiger partial charge in [0, 0.05) is 11.5 Å². The predicted molar refractivity (Wildman–Crippen MR) is 79.2 cm³/mol. The van der Waals surface area contributed by atoms with Gasteiger partial charge in [-0.05, 0) is 32.0 Å². The molecule has 1 aromatic carbocycles. The Morgan fingerprint density at radius 1 is 1.24 bits per heavy atom. The van der Waals surface area contributed by atoms with Crippen molar-refractivity contribution in [1.82, 2.24) is 9.97 Å². The summed E-state index contributed by atoms with van der Waals surface area (Å²) in [4.78, 5) is 21.0. The van der Waals surface area contributed by atoms with Crippen LogP contribution in [0.4, 0.5) is 4.39 Å². The Hall–Kier alpha value is -2.34. The van der Waals surface area contributed by atoms with Gasteiger partial charge in [0.15, 0.2) is 0 Å². The van der Waals surface area contributed by atoms with Crippen molar-refractivity contribution in [2.24, 2.45) is 0 Å². The lowest BCUT2D eigenvalue weighted by Crippen LogP contribution is -2.00. The SMILES string of the molecule is Cc1nc(C)c(-c2cc(C(=O)O)c3ccc(F)cc3n2)s1. The molecule has 0 atom stereocenters. The van der Waals surface area contributed by atoms with Crippen LogP contribution in [0.15, 0.2) is 24.3 Å². The van der Waals surface area contributed by atoms with Gasteiger partial charge in [-0.25, -0.2) is 19.2 Å². The summed E-state index contributed by atoms with van der Waals surface area (Å²) in [5.74, 6) is -1.50. The molecule has 0 aliphatic carbocycles. The van der Waals surface area contributed by atoms with E-state index in [1.807, 2.05) is 13.8 Å². The van der Waals surface area contributed by atoms with E-state index in [9.17, 15) is 14.3 Å². The number of carboxylic acids is 1. The second kappa shape index (κ2) is 4.89. The van der Waals surface area contributed by atoms with Crippen molar-refractivity contribution in [1.29, 1.82) is 0 Å². The molecule has 3 aromatic rings. The maximum atomic E-state index is 13.4. The lowest BCUT2D eigenvalue weighted by molar-refractivity contribution is 0.0699. The quantitative estimate of drug-likeness (QED) is 0.782. The molecule has 0 spiro atoms. The monoisotopic (exact) mass is 302 g/mol. The van der Waals surface area contributed by atoms with Crippen molar-refractivity contribution in [3.8, 4) is 10.6 Å². The summed E-state index contributed by atoms with van der Waals surface area (Å²) in [5.41, 5.74) is 1.74. The van der Waals surface area contributed by atoms with E-state index in [2.05, 4.69) is 9.97 Å². The topological polar surface area (TPSA) is 63.1 Å². The number of thiazole rings is 1. The zero-order valence-electron chi connectivity index (χ0n) is 11.3. The number of pyridine rings is 1. The van der Waals surface area contributed by atoms with Crippen LogP contribution in [0.3, 0.4) is 0 Å². The van der Waals surface area contributed by atoms with Gasteiger partial charge in [0.05, 0.1) is 32.4 Å². The molecule has 106 valence electrons. The van der Waals surface area contributed by atoms with E-state index in [-0.39, 0.29) is 5.56 Å². The lowest BCUT2D eigenvalue weighted by atomic mass is 10.1. The predicted octanol–water partition coefficient (Wildman–Crippen LogP) is 3.81. The molecule has 6 heteroatoms. The standard InChI is InChI=1S/C15H11FN2O2S/c1-7-14(21-8(2)17-7)13-6-11(15(19)20)10-4-3-9(16)5-12(10)18-13/h3-6H,1-2H3,(H,19,20). The first kappa shape index (κ1) is 13.6. The molecule has 0 saturated heterocycles. The lowest BCUT2D eigenvalue weighted by Gasteiger charge is -2.06. The molecule has 2 aromatic heterocycles. The van der Waals surface area contributed by atoms with Crippen LogP contribution >= 0.6 is 11.3 Å². The number of aromatic carboxylic acids is 1. The van der Waals surface area contributed by atoms with Gasteiger partial charge in [0.2, 0.25) is 0 Å². The Bertz CT molecular complexity index is 873. The van der Waals surface area contributed by atoms with E-state index in [0.717, 1.165) is 15.6 Å². The van der Waals surface area contributed by atoms with Crippen LogP contribution in [0, 0.1) is 19.7 Å². The molecule has 0 radical (unpaired) electrons. The molecule has 0 aliphatic heterocycles. The van der Waals surface area contributed by atoms with Gasteiger partial charge in [-0.3, -0.25) is 0 Å². The Kier molecular flexibility index (Phi) is 3.17. The molecular formula is C15H11FN2O2S. The molecule has 0 amide bonds. The second-order valence-corrected chi connectivity index (χ2v) is 5.87. The number of aryl methyl sites for hydroxylation is 2. The average Bonchev–Trinajstić information content (AvgIpc) is 2.75. The molecule has 0 aliphatic rings. The second-order valence-electron chi connectivity index (χ2n) is 4.67. The average molecular weight is 302 g/mol. The fourth-order valence-corrected chi connectivity index (χ4v) is 3.14. The molecule has 21 heavy (non-hydrogen) atoms. The van der Waals surface area contributed by atoms with Gasteiger partial charge >= 0.3 is 5.97 Å². The molecule has 2 heterocycles. The van der Waals surface area contributed by atoms with Gasteiger partial charge in [0.25, 0.3) is 0 Å². The molecule has 3 rings (SSSR count). The van der Waals surface area contributed by atoms with Crippen molar-refractivity contribution in [3.63, 3.8) is 0 Å². The summed E-state index contributed by atoms with van der Waals surface area (Å²) in [7, 11) is 0. The highest BCUT2D eigenvalue weighted by Gasteiger charge is 2.16. The van der Waals surface area contributed by atoms with Crippen LogP contribution in [0.5, 0.6) is 0 Å². The number of rotatable bonds is 2.